The maximum absolute atomic E-state index is 4.74. The van der Waals surface area contributed by atoms with Gasteiger partial charge in [0.2, 0.25) is 0 Å². The molecule has 3 nitrogen and oxygen atoms in total. The monoisotopic (exact) mass is 271 g/mol. The van der Waals surface area contributed by atoms with Gasteiger partial charge in [-0.05, 0) is 25.5 Å². The lowest BCUT2D eigenvalue weighted by Crippen LogP contribution is -2.05. The lowest BCUT2D eigenvalue weighted by molar-refractivity contribution is 0.711. The number of rotatable bonds is 4. The zero-order chi connectivity index (χ0) is 13.2. The summed E-state index contributed by atoms with van der Waals surface area (Å²) in [5, 5.41) is 3.26. The molecule has 0 aliphatic rings. The SMILES string of the molecule is CCCc1nc2ccccc2n1Cc1csc(C)n1. The molecule has 3 rings (SSSR count). The van der Waals surface area contributed by atoms with Gasteiger partial charge in [0.25, 0.3) is 0 Å². The molecule has 98 valence electrons. The lowest BCUT2D eigenvalue weighted by Gasteiger charge is -2.06. The second kappa shape index (κ2) is 5.13. The fourth-order valence-electron chi connectivity index (χ4n) is 2.36. The van der Waals surface area contributed by atoms with Crippen molar-refractivity contribution in [3.8, 4) is 0 Å². The summed E-state index contributed by atoms with van der Waals surface area (Å²) in [5.41, 5.74) is 3.41. The Labute approximate surface area is 116 Å². The Hall–Kier alpha value is -1.68. The Balaban J connectivity index is 2.06. The molecule has 0 fully saturated rings. The second-order valence-electron chi connectivity index (χ2n) is 4.71. The fourth-order valence-corrected chi connectivity index (χ4v) is 2.96. The van der Waals surface area contributed by atoms with Gasteiger partial charge in [-0.15, -0.1) is 11.3 Å². The molecule has 0 saturated heterocycles. The molecule has 0 saturated carbocycles. The molecule has 2 heterocycles. The fraction of sp³-hybridized carbons (Fsp3) is 0.333. The van der Waals surface area contributed by atoms with Crippen LogP contribution in [0.1, 0.15) is 29.9 Å². The molecule has 0 bridgehead atoms. The van der Waals surface area contributed by atoms with Gasteiger partial charge < -0.3 is 4.57 Å². The molecule has 0 N–H and O–H groups in total. The average Bonchev–Trinajstić information content (AvgIpc) is 2.96. The minimum atomic E-state index is 0.820. The third kappa shape index (κ3) is 2.40. The van der Waals surface area contributed by atoms with Gasteiger partial charge in [-0.3, -0.25) is 0 Å². The molecule has 0 amide bonds. The maximum Gasteiger partial charge on any atom is 0.110 e. The van der Waals surface area contributed by atoms with Crippen LogP contribution in [0.5, 0.6) is 0 Å². The summed E-state index contributed by atoms with van der Waals surface area (Å²) in [6.07, 6.45) is 2.12. The van der Waals surface area contributed by atoms with E-state index in [4.69, 9.17) is 4.98 Å². The summed E-state index contributed by atoms with van der Waals surface area (Å²) in [6.45, 7) is 5.06. The predicted octanol–water partition coefficient (Wildman–Crippen LogP) is 3.80. The number of aryl methyl sites for hydroxylation is 2. The van der Waals surface area contributed by atoms with Crippen molar-refractivity contribution in [2.45, 2.75) is 33.2 Å². The van der Waals surface area contributed by atoms with Gasteiger partial charge in [0.1, 0.15) is 5.82 Å². The molecule has 0 aliphatic heterocycles. The van der Waals surface area contributed by atoms with E-state index in [9.17, 15) is 0 Å². The van der Waals surface area contributed by atoms with Crippen LogP contribution in [0, 0.1) is 6.92 Å². The number of thiazole rings is 1. The van der Waals surface area contributed by atoms with Crippen molar-refractivity contribution in [1.29, 1.82) is 0 Å². The van der Waals surface area contributed by atoms with Gasteiger partial charge >= 0.3 is 0 Å². The highest BCUT2D eigenvalue weighted by molar-refractivity contribution is 7.09. The third-order valence-corrected chi connectivity index (χ3v) is 4.02. The summed E-state index contributed by atoms with van der Waals surface area (Å²) in [5.74, 6) is 1.16. The Morgan fingerprint density at radius 2 is 2.05 bits per heavy atom. The molecule has 19 heavy (non-hydrogen) atoms. The van der Waals surface area contributed by atoms with Crippen molar-refractivity contribution in [1.82, 2.24) is 14.5 Å². The Kier molecular flexibility index (Phi) is 3.34. The Morgan fingerprint density at radius 1 is 1.21 bits per heavy atom. The number of para-hydroxylation sites is 2. The summed E-state index contributed by atoms with van der Waals surface area (Å²) in [7, 11) is 0. The molecule has 0 unspecified atom stereocenters. The first-order valence-electron chi connectivity index (χ1n) is 6.63. The highest BCUT2D eigenvalue weighted by atomic mass is 32.1. The molecular weight excluding hydrogens is 254 g/mol. The standard InChI is InChI=1S/C15H17N3S/c1-3-6-15-17-13-7-4-5-8-14(13)18(15)9-12-10-19-11(2)16-12/h4-5,7-8,10H,3,6,9H2,1-2H3. The van der Waals surface area contributed by atoms with Crippen LogP contribution in [-0.2, 0) is 13.0 Å². The van der Waals surface area contributed by atoms with Crippen molar-refractivity contribution in [2.75, 3.05) is 0 Å². The average molecular weight is 271 g/mol. The summed E-state index contributed by atoms with van der Waals surface area (Å²) in [4.78, 5) is 9.31. The van der Waals surface area contributed by atoms with Crippen molar-refractivity contribution < 1.29 is 0 Å². The van der Waals surface area contributed by atoms with Crippen molar-refractivity contribution in [2.24, 2.45) is 0 Å². The number of imidazole rings is 1. The van der Waals surface area contributed by atoms with E-state index >= 15 is 0 Å². The van der Waals surface area contributed by atoms with Crippen LogP contribution in [0.15, 0.2) is 29.6 Å². The third-order valence-electron chi connectivity index (χ3n) is 3.19. The van der Waals surface area contributed by atoms with E-state index in [1.54, 1.807) is 11.3 Å². The van der Waals surface area contributed by atoms with Crippen molar-refractivity contribution >= 4 is 22.4 Å². The quantitative estimate of drug-likeness (QED) is 0.722. The first kappa shape index (κ1) is 12.4. The zero-order valence-electron chi connectivity index (χ0n) is 11.3. The minimum Gasteiger partial charge on any atom is -0.322 e. The van der Waals surface area contributed by atoms with Crippen LogP contribution < -0.4 is 0 Å². The molecular formula is C15H17N3S. The van der Waals surface area contributed by atoms with Gasteiger partial charge in [-0.1, -0.05) is 19.1 Å². The number of aromatic nitrogens is 3. The first-order chi connectivity index (χ1) is 9.28. The molecule has 0 aliphatic carbocycles. The van der Waals surface area contributed by atoms with E-state index in [2.05, 4.69) is 40.1 Å². The van der Waals surface area contributed by atoms with Crippen LogP contribution in [0.4, 0.5) is 0 Å². The van der Waals surface area contributed by atoms with E-state index in [1.165, 1.54) is 5.52 Å². The number of fused-ring (bicyclic) bond motifs is 1. The van der Waals surface area contributed by atoms with Crippen LogP contribution in [0.3, 0.4) is 0 Å². The van der Waals surface area contributed by atoms with E-state index in [-0.39, 0.29) is 0 Å². The topological polar surface area (TPSA) is 30.7 Å². The molecule has 2 aromatic heterocycles. The van der Waals surface area contributed by atoms with Gasteiger partial charge in [-0.25, -0.2) is 9.97 Å². The number of benzene rings is 1. The molecule has 0 atom stereocenters. The molecule has 3 aromatic rings. The van der Waals surface area contributed by atoms with Crippen molar-refractivity contribution in [3.05, 3.63) is 46.2 Å². The van der Waals surface area contributed by atoms with Crippen LogP contribution in [-0.4, -0.2) is 14.5 Å². The van der Waals surface area contributed by atoms with E-state index in [0.717, 1.165) is 41.4 Å². The van der Waals surface area contributed by atoms with E-state index in [1.807, 2.05) is 13.0 Å². The maximum atomic E-state index is 4.74. The first-order valence-corrected chi connectivity index (χ1v) is 7.51. The van der Waals surface area contributed by atoms with Crippen LogP contribution in [0.25, 0.3) is 11.0 Å². The van der Waals surface area contributed by atoms with Crippen molar-refractivity contribution in [3.63, 3.8) is 0 Å². The second-order valence-corrected chi connectivity index (χ2v) is 5.77. The Morgan fingerprint density at radius 3 is 2.79 bits per heavy atom. The normalized spacial score (nSPS) is 11.3. The molecule has 0 spiro atoms. The number of hydrogen-bond acceptors (Lipinski definition) is 3. The lowest BCUT2D eigenvalue weighted by atomic mass is 10.3. The van der Waals surface area contributed by atoms with E-state index < -0.39 is 0 Å². The summed E-state index contributed by atoms with van der Waals surface area (Å²) in [6, 6.07) is 8.34. The highest BCUT2D eigenvalue weighted by Crippen LogP contribution is 2.19. The predicted molar refractivity (Wildman–Crippen MR) is 79.7 cm³/mol. The minimum absolute atomic E-state index is 0.820. The zero-order valence-corrected chi connectivity index (χ0v) is 12.1. The molecule has 0 radical (unpaired) electrons. The van der Waals surface area contributed by atoms with Crippen LogP contribution in [0.2, 0.25) is 0 Å². The highest BCUT2D eigenvalue weighted by Gasteiger charge is 2.11. The largest absolute Gasteiger partial charge is 0.322 e. The number of nitrogens with zero attached hydrogens (tertiary/aromatic N) is 3. The molecule has 1 aromatic carbocycles. The van der Waals surface area contributed by atoms with E-state index in [0.29, 0.717) is 0 Å². The van der Waals surface area contributed by atoms with Gasteiger partial charge in [0.15, 0.2) is 0 Å². The van der Waals surface area contributed by atoms with Gasteiger partial charge in [0, 0.05) is 11.8 Å². The molecule has 4 heteroatoms. The number of hydrogen-bond donors (Lipinski definition) is 0. The summed E-state index contributed by atoms with van der Waals surface area (Å²) >= 11 is 1.71. The van der Waals surface area contributed by atoms with Gasteiger partial charge in [-0.2, -0.15) is 0 Å². The Bertz CT molecular complexity index is 696. The summed E-state index contributed by atoms with van der Waals surface area (Å²) < 4.78 is 2.30. The smallest absolute Gasteiger partial charge is 0.110 e. The van der Waals surface area contributed by atoms with Gasteiger partial charge in [0.05, 0.1) is 28.3 Å². The van der Waals surface area contributed by atoms with Crippen LogP contribution >= 0.6 is 11.3 Å².